The average molecular weight is 318 g/mol. The van der Waals surface area contributed by atoms with E-state index >= 15 is 0 Å². The number of carbonyl (C=O) groups is 1. The molecule has 1 atom stereocenters. The molecule has 7 heteroatoms. The van der Waals surface area contributed by atoms with E-state index in [4.69, 9.17) is 5.73 Å². The largest absolute Gasteiger partial charge is 0.393 e. The van der Waals surface area contributed by atoms with Gasteiger partial charge in [0, 0.05) is 29.7 Å². The highest BCUT2D eigenvalue weighted by atomic mass is 32.1. The maximum Gasteiger partial charge on any atom is 0.256 e. The standard InChI is InChI=1S/C15H18N4O2S/c16-14-12(8-22-19-14)15(21)18-13(9-5-11(20)6-9)7-10-3-1-2-4-17-10/h1-4,8-9,11,13,20H,5-7H2,(H2,16,19)(H,18,21). The number of rotatable bonds is 5. The van der Waals surface area contributed by atoms with Crippen LogP contribution in [0.1, 0.15) is 28.9 Å². The maximum absolute atomic E-state index is 12.3. The van der Waals surface area contributed by atoms with Gasteiger partial charge in [0.2, 0.25) is 0 Å². The molecule has 4 N–H and O–H groups in total. The number of hydrogen-bond donors (Lipinski definition) is 3. The minimum atomic E-state index is -0.263. The van der Waals surface area contributed by atoms with E-state index in [1.807, 2.05) is 18.2 Å². The summed E-state index contributed by atoms with van der Waals surface area (Å²) in [5, 5.41) is 14.2. The Labute approximate surface area is 132 Å². The quantitative estimate of drug-likeness (QED) is 0.770. The number of nitrogen functional groups attached to an aromatic ring is 1. The van der Waals surface area contributed by atoms with E-state index in [9.17, 15) is 9.90 Å². The fourth-order valence-corrected chi connectivity index (χ4v) is 3.30. The zero-order chi connectivity index (χ0) is 15.5. The Balaban J connectivity index is 1.71. The summed E-state index contributed by atoms with van der Waals surface area (Å²) in [7, 11) is 0. The molecule has 6 nitrogen and oxygen atoms in total. The van der Waals surface area contributed by atoms with E-state index in [1.165, 1.54) is 11.5 Å². The van der Waals surface area contributed by atoms with Gasteiger partial charge in [-0.25, -0.2) is 0 Å². The monoisotopic (exact) mass is 318 g/mol. The van der Waals surface area contributed by atoms with Crippen molar-refractivity contribution in [2.75, 3.05) is 5.73 Å². The number of nitrogens with one attached hydrogen (secondary N) is 1. The Hall–Kier alpha value is -1.99. The lowest BCUT2D eigenvalue weighted by Gasteiger charge is -2.38. The van der Waals surface area contributed by atoms with Crippen molar-refractivity contribution in [3.8, 4) is 0 Å². The molecular formula is C15H18N4O2S. The van der Waals surface area contributed by atoms with Gasteiger partial charge in [0.05, 0.1) is 11.7 Å². The van der Waals surface area contributed by atoms with Gasteiger partial charge in [0.25, 0.3) is 5.91 Å². The zero-order valence-corrected chi connectivity index (χ0v) is 12.8. The number of carbonyl (C=O) groups excluding carboxylic acids is 1. The van der Waals surface area contributed by atoms with Crippen molar-refractivity contribution in [1.82, 2.24) is 14.7 Å². The third kappa shape index (κ3) is 3.26. The van der Waals surface area contributed by atoms with E-state index < -0.39 is 0 Å². The van der Waals surface area contributed by atoms with Crippen molar-refractivity contribution in [3.05, 3.63) is 41.0 Å². The minimum Gasteiger partial charge on any atom is -0.393 e. The SMILES string of the molecule is Nc1nscc1C(=O)NC(Cc1ccccn1)C1CC(O)C1. The molecule has 1 aliphatic carbocycles. The van der Waals surface area contributed by atoms with E-state index in [0.29, 0.717) is 24.8 Å². The fraction of sp³-hybridized carbons (Fsp3) is 0.400. The molecule has 1 unspecified atom stereocenters. The summed E-state index contributed by atoms with van der Waals surface area (Å²) < 4.78 is 3.93. The molecule has 1 aliphatic rings. The van der Waals surface area contributed by atoms with Gasteiger partial charge in [-0.2, -0.15) is 4.37 Å². The van der Waals surface area contributed by atoms with Crippen LogP contribution < -0.4 is 11.1 Å². The van der Waals surface area contributed by atoms with Crippen LogP contribution in [0.2, 0.25) is 0 Å². The number of anilines is 1. The second-order valence-electron chi connectivity index (χ2n) is 5.60. The fourth-order valence-electron chi connectivity index (χ4n) is 2.70. The molecule has 22 heavy (non-hydrogen) atoms. The van der Waals surface area contributed by atoms with E-state index in [1.54, 1.807) is 11.6 Å². The van der Waals surface area contributed by atoms with Crippen LogP contribution in [-0.4, -0.2) is 32.5 Å². The van der Waals surface area contributed by atoms with E-state index in [-0.39, 0.29) is 29.8 Å². The van der Waals surface area contributed by atoms with Gasteiger partial charge in [-0.05, 0) is 42.4 Å². The summed E-state index contributed by atoms with van der Waals surface area (Å²) in [6, 6.07) is 5.67. The molecule has 0 aromatic carbocycles. The predicted molar refractivity (Wildman–Crippen MR) is 84.5 cm³/mol. The number of aliphatic hydroxyl groups excluding tert-OH is 1. The first kappa shape index (κ1) is 14.9. The molecule has 1 amide bonds. The molecule has 2 heterocycles. The molecule has 3 rings (SSSR count). The number of amides is 1. The molecule has 0 saturated heterocycles. The Morgan fingerprint density at radius 1 is 1.50 bits per heavy atom. The van der Waals surface area contributed by atoms with Crippen LogP contribution in [0.15, 0.2) is 29.8 Å². The van der Waals surface area contributed by atoms with Crippen molar-refractivity contribution in [3.63, 3.8) is 0 Å². The Bertz CT molecular complexity index is 640. The topological polar surface area (TPSA) is 101 Å². The Morgan fingerprint density at radius 3 is 2.91 bits per heavy atom. The van der Waals surface area contributed by atoms with Gasteiger partial charge in [0.1, 0.15) is 5.82 Å². The molecule has 2 aromatic heterocycles. The van der Waals surface area contributed by atoms with Crippen LogP contribution >= 0.6 is 11.5 Å². The molecular weight excluding hydrogens is 300 g/mol. The van der Waals surface area contributed by atoms with Crippen LogP contribution in [0, 0.1) is 5.92 Å². The smallest absolute Gasteiger partial charge is 0.256 e. The number of hydrogen-bond acceptors (Lipinski definition) is 6. The summed E-state index contributed by atoms with van der Waals surface area (Å²) in [5.74, 6) is 0.301. The number of pyridine rings is 1. The molecule has 1 saturated carbocycles. The third-order valence-corrected chi connectivity index (χ3v) is 4.68. The first-order chi connectivity index (χ1) is 10.6. The summed E-state index contributed by atoms with van der Waals surface area (Å²) >= 11 is 1.17. The second-order valence-corrected chi connectivity index (χ2v) is 6.23. The molecule has 0 radical (unpaired) electrons. The van der Waals surface area contributed by atoms with Gasteiger partial charge >= 0.3 is 0 Å². The van der Waals surface area contributed by atoms with E-state index in [2.05, 4.69) is 14.7 Å². The number of nitrogens with two attached hydrogens (primary N) is 1. The highest BCUT2D eigenvalue weighted by Crippen LogP contribution is 2.31. The molecule has 2 aromatic rings. The molecule has 116 valence electrons. The van der Waals surface area contributed by atoms with Gasteiger partial charge in [-0.3, -0.25) is 9.78 Å². The zero-order valence-electron chi connectivity index (χ0n) is 12.0. The van der Waals surface area contributed by atoms with Crippen molar-refractivity contribution < 1.29 is 9.90 Å². The average Bonchev–Trinajstić information content (AvgIpc) is 2.91. The summed E-state index contributed by atoms with van der Waals surface area (Å²) in [5.41, 5.74) is 7.04. The number of nitrogens with zero attached hydrogens (tertiary/aromatic N) is 2. The molecule has 0 spiro atoms. The molecule has 0 bridgehead atoms. The van der Waals surface area contributed by atoms with Crippen LogP contribution in [0.5, 0.6) is 0 Å². The van der Waals surface area contributed by atoms with Gasteiger partial charge in [0.15, 0.2) is 0 Å². The predicted octanol–water partition coefficient (Wildman–Crippen LogP) is 1.23. The van der Waals surface area contributed by atoms with Crippen LogP contribution in [0.4, 0.5) is 5.82 Å². The van der Waals surface area contributed by atoms with Crippen molar-refractivity contribution in [1.29, 1.82) is 0 Å². The van der Waals surface area contributed by atoms with Crippen LogP contribution in [-0.2, 0) is 6.42 Å². The summed E-state index contributed by atoms with van der Waals surface area (Å²) in [4.78, 5) is 16.7. The first-order valence-corrected chi connectivity index (χ1v) is 8.06. The van der Waals surface area contributed by atoms with Crippen LogP contribution in [0.25, 0.3) is 0 Å². The highest BCUT2D eigenvalue weighted by Gasteiger charge is 2.35. The van der Waals surface area contributed by atoms with Gasteiger partial charge in [-0.1, -0.05) is 6.07 Å². The third-order valence-electron chi connectivity index (χ3n) is 4.03. The van der Waals surface area contributed by atoms with Crippen molar-refractivity contribution in [2.24, 2.45) is 5.92 Å². The molecule has 1 fully saturated rings. The number of aliphatic hydroxyl groups is 1. The highest BCUT2D eigenvalue weighted by molar-refractivity contribution is 7.04. The Morgan fingerprint density at radius 2 is 2.32 bits per heavy atom. The Kier molecular flexibility index (Phi) is 4.35. The lowest BCUT2D eigenvalue weighted by Crippen LogP contribution is -2.48. The molecule has 0 aliphatic heterocycles. The second kappa shape index (κ2) is 6.41. The van der Waals surface area contributed by atoms with Gasteiger partial charge < -0.3 is 16.2 Å². The summed E-state index contributed by atoms with van der Waals surface area (Å²) in [6.45, 7) is 0. The van der Waals surface area contributed by atoms with Gasteiger partial charge in [-0.15, -0.1) is 0 Å². The number of aromatic nitrogens is 2. The maximum atomic E-state index is 12.3. The van der Waals surface area contributed by atoms with E-state index in [0.717, 1.165) is 5.69 Å². The summed E-state index contributed by atoms with van der Waals surface area (Å²) in [6.07, 6.45) is 3.53. The lowest BCUT2D eigenvalue weighted by molar-refractivity contribution is 0.0238. The minimum absolute atomic E-state index is 0.0647. The van der Waals surface area contributed by atoms with Crippen LogP contribution in [0.3, 0.4) is 0 Å². The lowest BCUT2D eigenvalue weighted by atomic mass is 9.76. The van der Waals surface area contributed by atoms with Crippen molar-refractivity contribution >= 4 is 23.3 Å². The normalized spacial score (nSPS) is 21.9. The first-order valence-electron chi connectivity index (χ1n) is 7.22. The van der Waals surface area contributed by atoms with Crippen molar-refractivity contribution in [2.45, 2.75) is 31.4 Å².